The van der Waals surface area contributed by atoms with Crippen LogP contribution in [0.1, 0.15) is 34.5 Å². The molecule has 1 fully saturated rings. The summed E-state index contributed by atoms with van der Waals surface area (Å²) < 4.78 is 25.8. The van der Waals surface area contributed by atoms with Crippen LogP contribution in [0.2, 0.25) is 0 Å². The molecule has 1 aromatic heterocycles. The lowest BCUT2D eigenvalue weighted by Gasteiger charge is -2.29. The predicted molar refractivity (Wildman–Crippen MR) is 104 cm³/mol. The average Bonchev–Trinajstić information content (AvgIpc) is 3.26. The molecule has 4 rings (SSSR count). The molecule has 0 saturated carbocycles. The van der Waals surface area contributed by atoms with Crippen molar-refractivity contribution in [3.05, 3.63) is 41.2 Å². The van der Waals surface area contributed by atoms with Gasteiger partial charge in [0.2, 0.25) is 21.8 Å². The van der Waals surface area contributed by atoms with Crippen molar-refractivity contribution >= 4 is 27.7 Å². The van der Waals surface area contributed by atoms with Crippen molar-refractivity contribution < 1.29 is 22.8 Å². The first-order valence-electron chi connectivity index (χ1n) is 9.24. The number of benzene rings is 1. The third-order valence-corrected chi connectivity index (χ3v) is 6.52. The lowest BCUT2D eigenvalue weighted by Crippen LogP contribution is -2.52. The first kappa shape index (κ1) is 20.2. The highest BCUT2D eigenvalue weighted by Gasteiger charge is 2.39. The van der Waals surface area contributed by atoms with Gasteiger partial charge >= 0.3 is 0 Å². The molecular weight excluding hydrogens is 412 g/mol. The lowest BCUT2D eigenvalue weighted by atomic mass is 10.0. The summed E-state index contributed by atoms with van der Waals surface area (Å²) in [5, 5.41) is 10.3. The van der Waals surface area contributed by atoms with Gasteiger partial charge in [-0.1, -0.05) is 5.21 Å². The van der Waals surface area contributed by atoms with E-state index in [0.29, 0.717) is 23.4 Å². The normalized spacial score (nSPS) is 19.4. The number of carbonyl (C=O) groups is 3. The zero-order valence-corrected chi connectivity index (χ0v) is 17.2. The first-order valence-corrected chi connectivity index (χ1v) is 11.1. The maximum Gasteiger partial charge on any atom is 0.255 e. The second kappa shape index (κ2) is 7.29. The van der Waals surface area contributed by atoms with Crippen LogP contribution in [0.15, 0.2) is 24.4 Å². The van der Waals surface area contributed by atoms with Crippen LogP contribution in [0.5, 0.6) is 0 Å². The highest BCUT2D eigenvalue weighted by Crippen LogP contribution is 2.29. The van der Waals surface area contributed by atoms with E-state index in [9.17, 15) is 22.8 Å². The van der Waals surface area contributed by atoms with Gasteiger partial charge in [-0.05, 0) is 30.2 Å². The summed E-state index contributed by atoms with van der Waals surface area (Å²) in [6, 6.07) is 4.50. The molecule has 2 aliphatic heterocycles. The topological polar surface area (TPSA) is 135 Å². The number of imide groups is 1. The summed E-state index contributed by atoms with van der Waals surface area (Å²) in [7, 11) is -1.88. The van der Waals surface area contributed by atoms with E-state index in [0.717, 1.165) is 11.8 Å². The fourth-order valence-electron chi connectivity index (χ4n) is 3.55. The minimum atomic E-state index is -3.34. The molecule has 2 aromatic rings. The van der Waals surface area contributed by atoms with E-state index in [1.807, 2.05) is 0 Å². The van der Waals surface area contributed by atoms with Crippen LogP contribution in [-0.4, -0.2) is 69.7 Å². The Labute approximate surface area is 172 Å². The Hall–Kier alpha value is -3.12. The van der Waals surface area contributed by atoms with Crippen molar-refractivity contribution in [1.82, 2.24) is 29.5 Å². The Bertz CT molecular complexity index is 1160. The van der Waals surface area contributed by atoms with Crippen molar-refractivity contribution in [3.63, 3.8) is 0 Å². The van der Waals surface area contributed by atoms with Crippen LogP contribution in [0.4, 0.5) is 0 Å². The monoisotopic (exact) mass is 432 g/mol. The van der Waals surface area contributed by atoms with Gasteiger partial charge in [-0.2, -0.15) is 4.31 Å². The van der Waals surface area contributed by atoms with Crippen LogP contribution in [0.3, 0.4) is 0 Å². The van der Waals surface area contributed by atoms with Crippen LogP contribution < -0.4 is 5.32 Å². The molecule has 3 heterocycles. The second-order valence-corrected chi connectivity index (χ2v) is 9.50. The molecule has 1 saturated heterocycles. The van der Waals surface area contributed by atoms with Crippen LogP contribution in [0.25, 0.3) is 5.69 Å². The van der Waals surface area contributed by atoms with Gasteiger partial charge in [0.05, 0.1) is 30.4 Å². The molecule has 1 N–H and O–H groups in total. The van der Waals surface area contributed by atoms with Gasteiger partial charge in [0, 0.05) is 25.6 Å². The minimum absolute atomic E-state index is 0.0888. The first-order chi connectivity index (χ1) is 14.1. The van der Waals surface area contributed by atoms with Gasteiger partial charge in [0.1, 0.15) is 6.04 Å². The molecule has 1 aromatic carbocycles. The molecule has 0 aliphatic carbocycles. The van der Waals surface area contributed by atoms with E-state index < -0.39 is 22.0 Å². The Morgan fingerprint density at radius 1 is 1.27 bits per heavy atom. The molecular formula is C18H20N6O5S. The summed E-state index contributed by atoms with van der Waals surface area (Å²) in [4.78, 5) is 37.7. The number of fused-ring (bicyclic) bond motifs is 1. The molecule has 0 spiro atoms. The predicted octanol–water partition coefficient (Wildman–Crippen LogP) is -0.580. The van der Waals surface area contributed by atoms with Gasteiger partial charge in [0.15, 0.2) is 0 Å². The van der Waals surface area contributed by atoms with Crippen molar-refractivity contribution in [1.29, 1.82) is 0 Å². The van der Waals surface area contributed by atoms with E-state index in [4.69, 9.17) is 0 Å². The zero-order valence-electron chi connectivity index (χ0n) is 16.4. The lowest BCUT2D eigenvalue weighted by molar-refractivity contribution is -0.136. The SMILES string of the molecule is CN(Cc1cn(-c2ccc3c(c2)CN(C2CCC(=O)NC2=O)C3=O)nn1)S(C)(=O)=O. The summed E-state index contributed by atoms with van der Waals surface area (Å²) in [5.41, 5.74) is 2.38. The number of carbonyl (C=O) groups excluding carboxylic acids is 3. The van der Waals surface area contributed by atoms with E-state index >= 15 is 0 Å². The largest absolute Gasteiger partial charge is 0.322 e. The van der Waals surface area contributed by atoms with Gasteiger partial charge in [-0.25, -0.2) is 13.1 Å². The standard InChI is InChI=1S/C18H20N6O5S/c1-22(30(2,28)29)9-12-10-24(21-20-12)13-3-4-14-11(7-13)8-23(18(14)27)15-5-6-16(25)19-17(15)26/h3-4,7,10,15H,5-6,8-9H2,1-2H3,(H,19,25,26). The maximum absolute atomic E-state index is 12.8. The number of nitrogens with zero attached hydrogens (tertiary/aromatic N) is 5. The number of hydrogen-bond acceptors (Lipinski definition) is 7. The molecule has 3 amide bonds. The van der Waals surface area contributed by atoms with Crippen molar-refractivity contribution in [2.75, 3.05) is 13.3 Å². The highest BCUT2D eigenvalue weighted by atomic mass is 32.2. The molecule has 0 bridgehead atoms. The van der Waals surface area contributed by atoms with Crippen LogP contribution in [-0.2, 0) is 32.7 Å². The Morgan fingerprint density at radius 2 is 2.03 bits per heavy atom. The van der Waals surface area contributed by atoms with Crippen LogP contribution >= 0.6 is 0 Å². The van der Waals surface area contributed by atoms with Crippen LogP contribution in [0, 0.1) is 0 Å². The summed E-state index contributed by atoms with van der Waals surface area (Å²) in [6.45, 7) is 0.345. The van der Waals surface area contributed by atoms with Crippen molar-refractivity contribution in [2.24, 2.45) is 0 Å². The Balaban J connectivity index is 1.54. The Kier molecular flexibility index (Phi) is 4.90. The smallest absolute Gasteiger partial charge is 0.255 e. The van der Waals surface area contributed by atoms with Crippen molar-refractivity contribution in [2.45, 2.75) is 32.0 Å². The van der Waals surface area contributed by atoms with E-state index in [1.54, 1.807) is 24.4 Å². The molecule has 11 nitrogen and oxygen atoms in total. The number of sulfonamides is 1. The molecule has 0 radical (unpaired) electrons. The molecule has 1 unspecified atom stereocenters. The highest BCUT2D eigenvalue weighted by molar-refractivity contribution is 7.88. The fourth-order valence-corrected chi connectivity index (χ4v) is 3.91. The van der Waals surface area contributed by atoms with Gasteiger partial charge in [0.25, 0.3) is 5.91 Å². The van der Waals surface area contributed by atoms with E-state index in [-0.39, 0.29) is 31.3 Å². The number of hydrogen-bond donors (Lipinski definition) is 1. The molecule has 1 atom stereocenters. The van der Waals surface area contributed by atoms with E-state index in [1.165, 1.54) is 20.9 Å². The molecule has 158 valence electrons. The number of aromatic nitrogens is 3. The van der Waals surface area contributed by atoms with Gasteiger partial charge in [-0.15, -0.1) is 5.10 Å². The third-order valence-electron chi connectivity index (χ3n) is 5.26. The zero-order chi connectivity index (χ0) is 21.6. The second-order valence-electron chi connectivity index (χ2n) is 7.41. The van der Waals surface area contributed by atoms with Crippen molar-refractivity contribution in [3.8, 4) is 5.69 Å². The quantitative estimate of drug-likeness (QED) is 0.625. The number of piperidine rings is 1. The summed E-state index contributed by atoms with van der Waals surface area (Å²) in [5.74, 6) is -1.03. The Morgan fingerprint density at radius 3 is 2.73 bits per heavy atom. The average molecular weight is 432 g/mol. The minimum Gasteiger partial charge on any atom is -0.322 e. The molecule has 12 heteroatoms. The number of rotatable bonds is 5. The summed E-state index contributed by atoms with van der Waals surface area (Å²) >= 11 is 0. The third kappa shape index (κ3) is 3.71. The van der Waals surface area contributed by atoms with Gasteiger partial charge < -0.3 is 4.90 Å². The maximum atomic E-state index is 12.8. The molecule has 2 aliphatic rings. The van der Waals surface area contributed by atoms with Gasteiger partial charge in [-0.3, -0.25) is 19.7 Å². The summed E-state index contributed by atoms with van der Waals surface area (Å²) in [6.07, 6.45) is 3.24. The molecule has 30 heavy (non-hydrogen) atoms. The van der Waals surface area contributed by atoms with E-state index in [2.05, 4.69) is 15.6 Å². The number of amides is 3. The fraction of sp³-hybridized carbons (Fsp3) is 0.389. The number of nitrogens with one attached hydrogen (secondary N) is 1.